The molecule has 0 aliphatic carbocycles. The first kappa shape index (κ1) is 11.8. The van der Waals surface area contributed by atoms with E-state index in [1.165, 1.54) is 0 Å². The second-order valence-corrected chi connectivity index (χ2v) is 6.04. The van der Waals surface area contributed by atoms with Crippen LogP contribution >= 0.6 is 27.3 Å². The summed E-state index contributed by atoms with van der Waals surface area (Å²) in [5.41, 5.74) is 7.71. The minimum absolute atomic E-state index is 0.371. The van der Waals surface area contributed by atoms with Crippen molar-refractivity contribution in [3.63, 3.8) is 0 Å². The fraction of sp³-hybridized carbons (Fsp3) is 0.250. The second-order valence-electron chi connectivity index (χ2n) is 4.27. The van der Waals surface area contributed by atoms with Crippen molar-refractivity contribution in [3.05, 3.63) is 39.8 Å². The molecule has 0 bridgehead atoms. The van der Waals surface area contributed by atoms with Crippen LogP contribution in [0.25, 0.3) is 10.6 Å². The van der Waals surface area contributed by atoms with E-state index in [1.807, 2.05) is 31.4 Å². The maximum atomic E-state index is 6.01. The topological polar surface area (TPSA) is 38.9 Å². The van der Waals surface area contributed by atoms with Gasteiger partial charge in [0.1, 0.15) is 5.01 Å². The Kier molecular flexibility index (Phi) is 3.15. The van der Waals surface area contributed by atoms with Crippen LogP contribution in [0.2, 0.25) is 0 Å². The number of halogens is 1. The predicted octanol–water partition coefficient (Wildman–Crippen LogP) is 3.77. The molecule has 1 aromatic heterocycles. The highest BCUT2D eigenvalue weighted by Gasteiger charge is 2.18. The minimum atomic E-state index is -0.371. The van der Waals surface area contributed by atoms with E-state index in [0.717, 1.165) is 20.7 Å². The Hall–Kier alpha value is -0.710. The summed E-state index contributed by atoms with van der Waals surface area (Å²) in [5, 5.41) is 3.04. The predicted molar refractivity (Wildman–Crippen MR) is 72.5 cm³/mol. The summed E-state index contributed by atoms with van der Waals surface area (Å²) in [5.74, 6) is 0. The SMILES string of the molecule is CC(C)(N)c1csc(-c2ccc(Br)cc2)n1. The number of hydrogen-bond donors (Lipinski definition) is 1. The molecule has 1 aromatic carbocycles. The Morgan fingerprint density at radius 1 is 1.25 bits per heavy atom. The van der Waals surface area contributed by atoms with Gasteiger partial charge < -0.3 is 5.73 Å². The molecule has 0 spiro atoms. The molecular weight excluding hydrogens is 284 g/mol. The number of benzene rings is 1. The first-order valence-electron chi connectivity index (χ1n) is 4.97. The van der Waals surface area contributed by atoms with Crippen LogP contribution in [-0.4, -0.2) is 4.98 Å². The average molecular weight is 297 g/mol. The lowest BCUT2D eigenvalue weighted by atomic mass is 10.0. The molecule has 2 rings (SSSR count). The van der Waals surface area contributed by atoms with E-state index >= 15 is 0 Å². The van der Waals surface area contributed by atoms with Crippen molar-refractivity contribution in [1.82, 2.24) is 4.98 Å². The van der Waals surface area contributed by atoms with Crippen LogP contribution in [0.4, 0.5) is 0 Å². The zero-order chi connectivity index (χ0) is 11.8. The van der Waals surface area contributed by atoms with Gasteiger partial charge in [-0.2, -0.15) is 0 Å². The Morgan fingerprint density at radius 3 is 2.38 bits per heavy atom. The van der Waals surface area contributed by atoms with Crippen LogP contribution in [0.5, 0.6) is 0 Å². The molecule has 0 saturated heterocycles. The molecule has 0 amide bonds. The van der Waals surface area contributed by atoms with Gasteiger partial charge in [0.05, 0.1) is 11.2 Å². The minimum Gasteiger partial charge on any atom is -0.321 e. The molecule has 4 heteroatoms. The number of rotatable bonds is 2. The highest BCUT2D eigenvalue weighted by atomic mass is 79.9. The van der Waals surface area contributed by atoms with Crippen LogP contribution in [-0.2, 0) is 5.54 Å². The monoisotopic (exact) mass is 296 g/mol. The molecule has 0 atom stereocenters. The normalized spacial score (nSPS) is 11.8. The van der Waals surface area contributed by atoms with Crippen LogP contribution in [0.1, 0.15) is 19.5 Å². The highest BCUT2D eigenvalue weighted by molar-refractivity contribution is 9.10. The summed E-state index contributed by atoms with van der Waals surface area (Å²) < 4.78 is 1.08. The van der Waals surface area contributed by atoms with E-state index in [2.05, 4.69) is 33.0 Å². The molecule has 0 unspecified atom stereocenters. The van der Waals surface area contributed by atoms with Crippen LogP contribution in [0, 0.1) is 0 Å². The standard InChI is InChI=1S/C12H13BrN2S/c1-12(2,14)10-7-16-11(15-10)8-3-5-9(13)6-4-8/h3-7H,14H2,1-2H3. The summed E-state index contributed by atoms with van der Waals surface area (Å²) in [6.07, 6.45) is 0. The summed E-state index contributed by atoms with van der Waals surface area (Å²) >= 11 is 5.05. The van der Waals surface area contributed by atoms with Gasteiger partial charge in [-0.15, -0.1) is 11.3 Å². The molecule has 0 saturated carbocycles. The maximum Gasteiger partial charge on any atom is 0.123 e. The van der Waals surface area contributed by atoms with E-state index in [0.29, 0.717) is 0 Å². The van der Waals surface area contributed by atoms with Crippen molar-refractivity contribution in [2.24, 2.45) is 5.73 Å². The number of aromatic nitrogens is 1. The molecule has 2 N–H and O–H groups in total. The van der Waals surface area contributed by atoms with Crippen molar-refractivity contribution in [2.75, 3.05) is 0 Å². The van der Waals surface area contributed by atoms with Crippen molar-refractivity contribution < 1.29 is 0 Å². The largest absolute Gasteiger partial charge is 0.321 e. The number of thiazole rings is 1. The molecule has 2 aromatic rings. The van der Waals surface area contributed by atoms with Gasteiger partial charge in [0.25, 0.3) is 0 Å². The Balaban J connectivity index is 2.35. The smallest absolute Gasteiger partial charge is 0.123 e. The maximum absolute atomic E-state index is 6.01. The van der Waals surface area contributed by atoms with Crippen molar-refractivity contribution in [2.45, 2.75) is 19.4 Å². The van der Waals surface area contributed by atoms with Crippen LogP contribution in [0.15, 0.2) is 34.1 Å². The molecule has 0 aliphatic rings. The lowest BCUT2D eigenvalue weighted by molar-refractivity contribution is 0.539. The quantitative estimate of drug-likeness (QED) is 0.916. The lowest BCUT2D eigenvalue weighted by Gasteiger charge is -2.14. The van der Waals surface area contributed by atoms with Gasteiger partial charge in [-0.3, -0.25) is 0 Å². The van der Waals surface area contributed by atoms with Gasteiger partial charge in [0, 0.05) is 15.4 Å². The molecule has 16 heavy (non-hydrogen) atoms. The van der Waals surface area contributed by atoms with Gasteiger partial charge in [-0.25, -0.2) is 4.98 Å². The summed E-state index contributed by atoms with van der Waals surface area (Å²) in [4.78, 5) is 4.56. The zero-order valence-electron chi connectivity index (χ0n) is 9.20. The third kappa shape index (κ3) is 2.51. The molecule has 1 heterocycles. The van der Waals surface area contributed by atoms with E-state index in [-0.39, 0.29) is 5.54 Å². The molecule has 2 nitrogen and oxygen atoms in total. The molecular formula is C12H13BrN2S. The third-order valence-corrected chi connectivity index (χ3v) is 3.68. The zero-order valence-corrected chi connectivity index (χ0v) is 11.6. The number of nitrogens with zero attached hydrogens (tertiary/aromatic N) is 1. The van der Waals surface area contributed by atoms with E-state index in [4.69, 9.17) is 5.73 Å². The van der Waals surface area contributed by atoms with Gasteiger partial charge in [0.2, 0.25) is 0 Å². The Morgan fingerprint density at radius 2 is 1.88 bits per heavy atom. The lowest BCUT2D eigenvalue weighted by Crippen LogP contribution is -2.28. The average Bonchev–Trinajstić information content (AvgIpc) is 2.67. The fourth-order valence-electron chi connectivity index (χ4n) is 1.29. The van der Waals surface area contributed by atoms with Crippen LogP contribution < -0.4 is 5.73 Å². The Labute approximate surface area is 108 Å². The second kappa shape index (κ2) is 4.28. The van der Waals surface area contributed by atoms with Gasteiger partial charge >= 0.3 is 0 Å². The van der Waals surface area contributed by atoms with Crippen molar-refractivity contribution in [3.8, 4) is 10.6 Å². The first-order chi connectivity index (χ1) is 7.47. The van der Waals surface area contributed by atoms with Gasteiger partial charge in [-0.05, 0) is 26.0 Å². The molecule has 0 radical (unpaired) electrons. The third-order valence-electron chi connectivity index (χ3n) is 2.26. The highest BCUT2D eigenvalue weighted by Crippen LogP contribution is 2.28. The summed E-state index contributed by atoms with van der Waals surface area (Å²) in [7, 11) is 0. The number of nitrogens with two attached hydrogens (primary N) is 1. The molecule has 0 fully saturated rings. The van der Waals surface area contributed by atoms with Crippen molar-refractivity contribution >= 4 is 27.3 Å². The first-order valence-corrected chi connectivity index (χ1v) is 6.65. The van der Waals surface area contributed by atoms with Crippen molar-refractivity contribution in [1.29, 1.82) is 0 Å². The van der Waals surface area contributed by atoms with E-state index in [1.54, 1.807) is 11.3 Å². The van der Waals surface area contributed by atoms with Crippen LogP contribution in [0.3, 0.4) is 0 Å². The molecule has 0 aliphatic heterocycles. The van der Waals surface area contributed by atoms with Gasteiger partial charge in [-0.1, -0.05) is 28.1 Å². The van der Waals surface area contributed by atoms with Gasteiger partial charge in [0.15, 0.2) is 0 Å². The summed E-state index contributed by atoms with van der Waals surface area (Å²) in [6.45, 7) is 3.93. The Bertz CT molecular complexity index is 482. The van der Waals surface area contributed by atoms with E-state index < -0.39 is 0 Å². The number of hydrogen-bond acceptors (Lipinski definition) is 3. The summed E-state index contributed by atoms with van der Waals surface area (Å²) in [6, 6.07) is 8.14. The van der Waals surface area contributed by atoms with E-state index in [9.17, 15) is 0 Å². The fourth-order valence-corrected chi connectivity index (χ4v) is 2.56. The molecule has 84 valence electrons.